The van der Waals surface area contributed by atoms with Crippen LogP contribution in [0.5, 0.6) is 0 Å². The zero-order valence-electron chi connectivity index (χ0n) is 16.2. The molecule has 3 aromatic rings. The molecule has 0 fully saturated rings. The molecule has 1 atom stereocenters. The van der Waals surface area contributed by atoms with Gasteiger partial charge in [0.15, 0.2) is 0 Å². The normalized spacial score (nSPS) is 11.8. The summed E-state index contributed by atoms with van der Waals surface area (Å²) in [6.45, 7) is 5.00. The van der Waals surface area contributed by atoms with Gasteiger partial charge in [-0.3, -0.25) is 0 Å². The van der Waals surface area contributed by atoms with E-state index in [-0.39, 0.29) is 5.56 Å². The molecule has 0 aliphatic rings. The van der Waals surface area contributed by atoms with Gasteiger partial charge in [-0.25, -0.2) is 4.79 Å². The number of hydrogen-bond donors (Lipinski definition) is 3. The summed E-state index contributed by atoms with van der Waals surface area (Å²) in [7, 11) is 0. The molecule has 0 aromatic heterocycles. The number of aromatic carboxylic acids is 1. The maximum absolute atomic E-state index is 11.3. The quantitative estimate of drug-likeness (QED) is 0.471. The van der Waals surface area contributed by atoms with Crippen molar-refractivity contribution in [2.45, 2.75) is 12.5 Å². The zero-order chi connectivity index (χ0) is 20.6. The fraction of sp³-hybridized carbons (Fsp3) is 0.160. The number of rotatable bonds is 9. The average Bonchev–Trinajstić information content (AvgIpc) is 2.77. The van der Waals surface area contributed by atoms with Crippen LogP contribution in [0.2, 0.25) is 0 Å². The van der Waals surface area contributed by atoms with E-state index >= 15 is 0 Å². The van der Waals surface area contributed by atoms with Gasteiger partial charge in [-0.2, -0.15) is 0 Å². The first-order valence-corrected chi connectivity index (χ1v) is 9.61. The molecule has 0 spiro atoms. The van der Waals surface area contributed by atoms with Crippen LogP contribution in [0.4, 0.5) is 0 Å². The highest BCUT2D eigenvalue weighted by Gasteiger charge is 2.09. The van der Waals surface area contributed by atoms with Crippen molar-refractivity contribution in [3.63, 3.8) is 0 Å². The third-order valence-electron chi connectivity index (χ3n) is 4.90. The van der Waals surface area contributed by atoms with Crippen molar-refractivity contribution in [3.8, 4) is 11.1 Å². The average molecular weight is 387 g/mol. The molecule has 29 heavy (non-hydrogen) atoms. The van der Waals surface area contributed by atoms with Gasteiger partial charge in [-0.15, -0.1) is 0 Å². The van der Waals surface area contributed by atoms with E-state index < -0.39 is 12.1 Å². The van der Waals surface area contributed by atoms with Gasteiger partial charge in [0.25, 0.3) is 0 Å². The molecule has 148 valence electrons. The lowest BCUT2D eigenvalue weighted by molar-refractivity contribution is 0.0696. The van der Waals surface area contributed by atoms with E-state index in [0.29, 0.717) is 12.1 Å². The maximum Gasteiger partial charge on any atom is 0.336 e. The SMILES string of the molecule is C=Cc1cc(-c2ccc(CCNC[C@@H](O)c3ccccc3)cc2)ccc1C(=O)O. The summed E-state index contributed by atoms with van der Waals surface area (Å²) >= 11 is 0. The zero-order valence-corrected chi connectivity index (χ0v) is 16.2. The molecule has 3 rings (SSSR count). The summed E-state index contributed by atoms with van der Waals surface area (Å²) in [5, 5.41) is 22.7. The number of hydrogen-bond acceptors (Lipinski definition) is 3. The van der Waals surface area contributed by atoms with Crippen LogP contribution in [0.25, 0.3) is 17.2 Å². The Balaban J connectivity index is 1.55. The topological polar surface area (TPSA) is 69.6 Å². The molecule has 3 N–H and O–H groups in total. The van der Waals surface area contributed by atoms with Crippen LogP contribution in [0.15, 0.2) is 79.4 Å². The molecular formula is C25H25NO3. The van der Waals surface area contributed by atoms with E-state index in [9.17, 15) is 15.0 Å². The second-order valence-electron chi connectivity index (χ2n) is 6.89. The molecule has 0 bridgehead atoms. The second-order valence-corrected chi connectivity index (χ2v) is 6.89. The van der Waals surface area contributed by atoms with Crippen LogP contribution in [0, 0.1) is 0 Å². The monoisotopic (exact) mass is 387 g/mol. The third kappa shape index (κ3) is 5.41. The number of nitrogens with one attached hydrogen (secondary N) is 1. The molecule has 4 nitrogen and oxygen atoms in total. The number of carboxylic acid groups (broad SMARTS) is 1. The summed E-state index contributed by atoms with van der Waals surface area (Å²) in [6, 6.07) is 23.1. The van der Waals surface area contributed by atoms with E-state index in [4.69, 9.17) is 0 Å². The Hall–Kier alpha value is -3.21. The van der Waals surface area contributed by atoms with Gasteiger partial charge in [-0.05, 0) is 52.9 Å². The van der Waals surface area contributed by atoms with Crippen LogP contribution >= 0.6 is 0 Å². The van der Waals surface area contributed by atoms with Crippen molar-refractivity contribution in [2.24, 2.45) is 0 Å². The van der Waals surface area contributed by atoms with Gasteiger partial charge in [-0.1, -0.05) is 73.3 Å². The van der Waals surface area contributed by atoms with Crippen molar-refractivity contribution in [2.75, 3.05) is 13.1 Å². The first kappa shape index (κ1) is 20.5. The lowest BCUT2D eigenvalue weighted by Crippen LogP contribution is -2.23. The molecule has 0 saturated heterocycles. The molecular weight excluding hydrogens is 362 g/mol. The van der Waals surface area contributed by atoms with Crippen LogP contribution < -0.4 is 5.32 Å². The lowest BCUT2D eigenvalue weighted by Gasteiger charge is -2.12. The minimum absolute atomic E-state index is 0.254. The first-order chi connectivity index (χ1) is 14.1. The van der Waals surface area contributed by atoms with Crippen LogP contribution in [0.3, 0.4) is 0 Å². The molecule has 0 unspecified atom stereocenters. The van der Waals surface area contributed by atoms with Gasteiger partial charge in [0, 0.05) is 6.54 Å². The van der Waals surface area contributed by atoms with Crippen LogP contribution in [-0.4, -0.2) is 29.3 Å². The molecule has 0 saturated carbocycles. The highest BCUT2D eigenvalue weighted by molar-refractivity contribution is 5.93. The minimum atomic E-state index is -0.952. The van der Waals surface area contributed by atoms with E-state index in [1.807, 2.05) is 54.6 Å². The van der Waals surface area contributed by atoms with Crippen molar-refractivity contribution in [3.05, 3.63) is 102 Å². The van der Waals surface area contributed by atoms with Crippen molar-refractivity contribution in [1.82, 2.24) is 5.32 Å². The van der Waals surface area contributed by atoms with Crippen molar-refractivity contribution < 1.29 is 15.0 Å². The fourth-order valence-electron chi connectivity index (χ4n) is 3.23. The highest BCUT2D eigenvalue weighted by atomic mass is 16.4. The Labute approximate surface area is 171 Å². The largest absolute Gasteiger partial charge is 0.478 e. The Morgan fingerprint density at radius 1 is 1.00 bits per heavy atom. The molecule has 3 aromatic carbocycles. The first-order valence-electron chi connectivity index (χ1n) is 9.61. The van der Waals surface area contributed by atoms with Crippen molar-refractivity contribution >= 4 is 12.0 Å². The molecule has 0 radical (unpaired) electrons. The Morgan fingerprint density at radius 3 is 2.34 bits per heavy atom. The fourth-order valence-corrected chi connectivity index (χ4v) is 3.23. The van der Waals surface area contributed by atoms with Gasteiger partial charge in [0.2, 0.25) is 0 Å². The second kappa shape index (κ2) is 9.82. The predicted octanol–water partition coefficient (Wildman–Crippen LogP) is 4.56. The summed E-state index contributed by atoms with van der Waals surface area (Å²) < 4.78 is 0. The maximum atomic E-state index is 11.3. The van der Waals surface area contributed by atoms with Gasteiger partial charge < -0.3 is 15.5 Å². The molecule has 0 heterocycles. The number of aliphatic hydroxyl groups is 1. The van der Waals surface area contributed by atoms with Gasteiger partial charge in [0.05, 0.1) is 11.7 Å². The summed E-state index contributed by atoms with van der Waals surface area (Å²) in [5.74, 6) is -0.952. The Kier molecular flexibility index (Phi) is 6.95. The van der Waals surface area contributed by atoms with E-state index in [1.54, 1.807) is 12.1 Å². The Morgan fingerprint density at radius 2 is 1.69 bits per heavy atom. The van der Waals surface area contributed by atoms with Gasteiger partial charge >= 0.3 is 5.97 Å². The summed E-state index contributed by atoms with van der Waals surface area (Å²) in [6.07, 6.45) is 1.92. The smallest absolute Gasteiger partial charge is 0.336 e. The highest BCUT2D eigenvalue weighted by Crippen LogP contribution is 2.24. The summed E-state index contributed by atoms with van der Waals surface area (Å²) in [5.41, 5.74) is 4.96. The predicted molar refractivity (Wildman–Crippen MR) is 117 cm³/mol. The number of benzene rings is 3. The lowest BCUT2D eigenvalue weighted by atomic mass is 9.98. The number of aliphatic hydroxyl groups excluding tert-OH is 1. The van der Waals surface area contributed by atoms with Gasteiger partial charge in [0.1, 0.15) is 0 Å². The molecule has 4 heteroatoms. The number of carboxylic acids is 1. The van der Waals surface area contributed by atoms with E-state index in [1.165, 1.54) is 5.56 Å². The van der Waals surface area contributed by atoms with Crippen molar-refractivity contribution in [1.29, 1.82) is 0 Å². The molecule has 0 amide bonds. The molecule has 0 aliphatic carbocycles. The van der Waals surface area contributed by atoms with Crippen LogP contribution in [-0.2, 0) is 6.42 Å². The number of carbonyl (C=O) groups is 1. The third-order valence-corrected chi connectivity index (χ3v) is 4.90. The molecule has 0 aliphatic heterocycles. The minimum Gasteiger partial charge on any atom is -0.478 e. The Bertz CT molecular complexity index is 965. The standard InChI is InChI=1S/C25H25NO3/c1-2-19-16-22(12-13-23(19)25(28)29)20-10-8-18(9-11-20)14-15-26-17-24(27)21-6-4-3-5-7-21/h2-13,16,24,26-27H,1,14-15,17H2,(H,28,29)/t24-/m1/s1. The van der Waals surface area contributed by atoms with Crippen LogP contribution in [0.1, 0.15) is 33.2 Å². The van der Waals surface area contributed by atoms with E-state index in [2.05, 4.69) is 24.0 Å². The summed E-state index contributed by atoms with van der Waals surface area (Å²) in [4.78, 5) is 11.3. The van der Waals surface area contributed by atoms with E-state index in [0.717, 1.165) is 29.7 Å².